The standard InChI is InChI=1S/C21H25NO8/c1-4-15(24)28-19-17(22-12(3)23)21(29-16(25)5-2)27-14-11-26-20(30-18(14)19)13-9-7-6-8-10-13/h5-10,14,17-21H,2,4,11H2,1,3H3,(H,22,23)/t14-,17-,18+,19+,20+,21-/m0/s1. The first kappa shape index (κ1) is 21.9. The highest BCUT2D eigenvalue weighted by Gasteiger charge is 2.53. The first-order valence-corrected chi connectivity index (χ1v) is 9.70. The second-order valence-corrected chi connectivity index (χ2v) is 6.89. The summed E-state index contributed by atoms with van der Waals surface area (Å²) in [7, 11) is 0. The van der Waals surface area contributed by atoms with Crippen molar-refractivity contribution in [3.05, 3.63) is 48.6 Å². The summed E-state index contributed by atoms with van der Waals surface area (Å²) < 4.78 is 28.6. The van der Waals surface area contributed by atoms with Crippen molar-refractivity contribution in [1.29, 1.82) is 0 Å². The molecule has 1 N–H and O–H groups in total. The molecule has 6 atom stereocenters. The molecule has 9 nitrogen and oxygen atoms in total. The van der Waals surface area contributed by atoms with Gasteiger partial charge in [-0.25, -0.2) is 4.79 Å². The molecule has 3 rings (SSSR count). The van der Waals surface area contributed by atoms with Crippen molar-refractivity contribution in [3.8, 4) is 0 Å². The summed E-state index contributed by atoms with van der Waals surface area (Å²) in [6, 6.07) is 8.30. The number of fused-ring (bicyclic) bond motifs is 1. The van der Waals surface area contributed by atoms with Gasteiger partial charge < -0.3 is 29.0 Å². The first-order valence-electron chi connectivity index (χ1n) is 9.70. The van der Waals surface area contributed by atoms with Crippen molar-refractivity contribution in [3.63, 3.8) is 0 Å². The number of ether oxygens (including phenoxy) is 5. The number of carbonyl (C=O) groups is 3. The summed E-state index contributed by atoms with van der Waals surface area (Å²) >= 11 is 0. The van der Waals surface area contributed by atoms with Gasteiger partial charge in [-0.15, -0.1) is 0 Å². The van der Waals surface area contributed by atoms with Gasteiger partial charge in [0.2, 0.25) is 12.2 Å². The predicted octanol–water partition coefficient (Wildman–Crippen LogP) is 1.38. The van der Waals surface area contributed by atoms with Gasteiger partial charge in [0.25, 0.3) is 0 Å². The third-order valence-corrected chi connectivity index (χ3v) is 4.74. The molecule has 162 valence electrons. The number of hydrogen-bond donors (Lipinski definition) is 1. The quantitative estimate of drug-likeness (QED) is 0.544. The van der Waals surface area contributed by atoms with Crippen LogP contribution in [0, 0.1) is 0 Å². The van der Waals surface area contributed by atoms with Gasteiger partial charge in [-0.05, 0) is 0 Å². The largest absolute Gasteiger partial charge is 0.457 e. The van der Waals surface area contributed by atoms with Crippen LogP contribution in [-0.4, -0.2) is 55.1 Å². The maximum absolute atomic E-state index is 12.1. The number of hydrogen-bond acceptors (Lipinski definition) is 8. The topological polar surface area (TPSA) is 109 Å². The van der Waals surface area contributed by atoms with Gasteiger partial charge in [-0.1, -0.05) is 43.8 Å². The lowest BCUT2D eigenvalue weighted by molar-refractivity contribution is -0.339. The zero-order chi connectivity index (χ0) is 21.7. The molecular formula is C21H25NO8. The van der Waals surface area contributed by atoms with Crippen LogP contribution in [0.1, 0.15) is 32.1 Å². The predicted molar refractivity (Wildman–Crippen MR) is 103 cm³/mol. The number of benzene rings is 1. The molecule has 0 spiro atoms. The van der Waals surface area contributed by atoms with E-state index >= 15 is 0 Å². The van der Waals surface area contributed by atoms with Crippen LogP contribution >= 0.6 is 0 Å². The first-order chi connectivity index (χ1) is 14.4. The van der Waals surface area contributed by atoms with Crippen LogP contribution in [0.15, 0.2) is 43.0 Å². The lowest BCUT2D eigenvalue weighted by atomic mass is 9.95. The molecular weight excluding hydrogens is 394 g/mol. The summed E-state index contributed by atoms with van der Waals surface area (Å²) in [5.41, 5.74) is 0.785. The molecule has 0 aromatic heterocycles. The molecule has 0 unspecified atom stereocenters. The minimum Gasteiger partial charge on any atom is -0.457 e. The Morgan fingerprint density at radius 3 is 2.57 bits per heavy atom. The van der Waals surface area contributed by atoms with Gasteiger partial charge in [0, 0.05) is 25.0 Å². The Bertz CT molecular complexity index is 782. The summed E-state index contributed by atoms with van der Waals surface area (Å²) in [6.07, 6.45) is -3.22. The van der Waals surface area contributed by atoms with Crippen LogP contribution in [0.4, 0.5) is 0 Å². The third kappa shape index (κ3) is 5.05. The Kier molecular flexibility index (Phi) is 7.20. The molecule has 1 aromatic carbocycles. The highest BCUT2D eigenvalue weighted by molar-refractivity contribution is 5.81. The molecule has 0 saturated carbocycles. The molecule has 2 aliphatic heterocycles. The van der Waals surface area contributed by atoms with E-state index in [0.29, 0.717) is 0 Å². The van der Waals surface area contributed by atoms with E-state index in [1.54, 1.807) is 6.92 Å². The number of rotatable bonds is 6. The lowest BCUT2D eigenvalue weighted by Crippen LogP contribution is -2.67. The zero-order valence-corrected chi connectivity index (χ0v) is 16.8. The van der Waals surface area contributed by atoms with Gasteiger partial charge in [0.15, 0.2) is 12.4 Å². The molecule has 0 radical (unpaired) electrons. The minimum absolute atomic E-state index is 0.110. The fourth-order valence-corrected chi connectivity index (χ4v) is 3.38. The average molecular weight is 419 g/mol. The molecule has 0 bridgehead atoms. The van der Waals surface area contributed by atoms with E-state index in [2.05, 4.69) is 11.9 Å². The summed E-state index contributed by atoms with van der Waals surface area (Å²) in [4.78, 5) is 35.8. The summed E-state index contributed by atoms with van der Waals surface area (Å²) in [5.74, 6) is -1.64. The molecule has 2 saturated heterocycles. The van der Waals surface area contributed by atoms with Crippen LogP contribution in [0.5, 0.6) is 0 Å². The number of amides is 1. The third-order valence-electron chi connectivity index (χ3n) is 4.74. The number of carbonyl (C=O) groups excluding carboxylic acids is 3. The highest BCUT2D eigenvalue weighted by atomic mass is 16.8. The summed E-state index contributed by atoms with van der Waals surface area (Å²) in [5, 5.41) is 2.65. The van der Waals surface area contributed by atoms with Crippen LogP contribution in [-0.2, 0) is 38.1 Å². The van der Waals surface area contributed by atoms with E-state index in [0.717, 1.165) is 11.6 Å². The Balaban J connectivity index is 1.90. The van der Waals surface area contributed by atoms with E-state index in [-0.39, 0.29) is 13.0 Å². The Morgan fingerprint density at radius 2 is 1.93 bits per heavy atom. The number of nitrogens with one attached hydrogen (secondary N) is 1. The highest BCUT2D eigenvalue weighted by Crippen LogP contribution is 2.35. The monoisotopic (exact) mass is 419 g/mol. The Morgan fingerprint density at radius 1 is 1.20 bits per heavy atom. The second-order valence-electron chi connectivity index (χ2n) is 6.89. The number of esters is 2. The van der Waals surface area contributed by atoms with Crippen LogP contribution in [0.25, 0.3) is 0 Å². The second kappa shape index (κ2) is 9.84. The van der Waals surface area contributed by atoms with Gasteiger partial charge in [0.1, 0.15) is 18.2 Å². The van der Waals surface area contributed by atoms with Crippen molar-refractivity contribution >= 4 is 17.8 Å². The molecule has 2 heterocycles. The van der Waals surface area contributed by atoms with Gasteiger partial charge in [-0.2, -0.15) is 0 Å². The summed E-state index contributed by atoms with van der Waals surface area (Å²) in [6.45, 7) is 6.43. The fourth-order valence-electron chi connectivity index (χ4n) is 3.38. The van der Waals surface area contributed by atoms with Crippen molar-refractivity contribution in [1.82, 2.24) is 5.32 Å². The molecule has 9 heteroatoms. The lowest BCUT2D eigenvalue weighted by Gasteiger charge is -2.48. The Hall–Kier alpha value is -2.75. The molecule has 1 amide bonds. The Labute approximate surface area is 174 Å². The fraction of sp³-hybridized carbons (Fsp3) is 0.476. The van der Waals surface area contributed by atoms with Crippen LogP contribution < -0.4 is 5.32 Å². The van der Waals surface area contributed by atoms with E-state index in [1.165, 1.54) is 6.92 Å². The zero-order valence-electron chi connectivity index (χ0n) is 16.8. The van der Waals surface area contributed by atoms with Gasteiger partial charge in [0.05, 0.1) is 6.61 Å². The maximum Gasteiger partial charge on any atom is 0.332 e. The van der Waals surface area contributed by atoms with Crippen LogP contribution in [0.2, 0.25) is 0 Å². The van der Waals surface area contributed by atoms with Crippen LogP contribution in [0.3, 0.4) is 0 Å². The average Bonchev–Trinajstić information content (AvgIpc) is 2.75. The maximum atomic E-state index is 12.1. The van der Waals surface area contributed by atoms with E-state index in [4.69, 9.17) is 23.7 Å². The van der Waals surface area contributed by atoms with E-state index in [9.17, 15) is 14.4 Å². The molecule has 1 aromatic rings. The van der Waals surface area contributed by atoms with Crippen molar-refractivity contribution in [2.45, 2.75) is 57.2 Å². The van der Waals surface area contributed by atoms with Crippen molar-refractivity contribution in [2.75, 3.05) is 6.61 Å². The van der Waals surface area contributed by atoms with Crippen molar-refractivity contribution < 1.29 is 38.1 Å². The van der Waals surface area contributed by atoms with Crippen molar-refractivity contribution in [2.24, 2.45) is 0 Å². The molecule has 2 fully saturated rings. The van der Waals surface area contributed by atoms with Gasteiger partial charge in [-0.3, -0.25) is 9.59 Å². The molecule has 2 aliphatic rings. The van der Waals surface area contributed by atoms with Gasteiger partial charge >= 0.3 is 11.9 Å². The van der Waals surface area contributed by atoms with E-state index < -0.39 is 54.8 Å². The smallest absolute Gasteiger partial charge is 0.332 e. The van der Waals surface area contributed by atoms with E-state index in [1.807, 2.05) is 30.3 Å². The normalized spacial score (nSPS) is 30.5. The SMILES string of the molecule is C=CC(=O)O[C@@H]1O[C@H]2CO[C@@H](c3ccccc3)O[C@H]2[C@H](OC(=O)CC)[C@@H]1NC(C)=O. The molecule has 0 aliphatic carbocycles. The minimum atomic E-state index is -1.21. The molecule has 30 heavy (non-hydrogen) atoms.